The quantitative estimate of drug-likeness (QED) is 0.866. The molecule has 0 fully saturated rings. The Morgan fingerprint density at radius 2 is 2.00 bits per heavy atom. The van der Waals surface area contributed by atoms with Crippen LogP contribution in [0.5, 0.6) is 11.6 Å². The smallest absolute Gasteiger partial charge is 0.261 e. The molecule has 0 aliphatic rings. The van der Waals surface area contributed by atoms with Crippen LogP contribution in [0.15, 0.2) is 30.5 Å². The fraction of sp³-hybridized carbons (Fsp3) is 0.100. The molecule has 0 spiro atoms. The molecular formula is C10H10IN3O. The summed E-state index contributed by atoms with van der Waals surface area (Å²) in [7, 11) is 1.80. The highest BCUT2D eigenvalue weighted by atomic mass is 127. The highest BCUT2D eigenvalue weighted by molar-refractivity contribution is 14.1. The van der Waals surface area contributed by atoms with Gasteiger partial charge < -0.3 is 10.5 Å². The van der Waals surface area contributed by atoms with Gasteiger partial charge in [0, 0.05) is 10.6 Å². The molecule has 1 aromatic heterocycles. The minimum Gasteiger partial charge on any atom is -0.436 e. The number of hydrogen-bond donors (Lipinski definition) is 1. The number of ether oxygens (including phenoxy) is 1. The van der Waals surface area contributed by atoms with Gasteiger partial charge in [-0.25, -0.2) is 0 Å². The molecule has 0 radical (unpaired) electrons. The first kappa shape index (κ1) is 10.3. The molecule has 4 nitrogen and oxygen atoms in total. The van der Waals surface area contributed by atoms with Crippen molar-refractivity contribution in [1.29, 1.82) is 0 Å². The number of aryl methyl sites for hydroxylation is 1. The fourth-order valence-electron chi connectivity index (χ4n) is 1.18. The van der Waals surface area contributed by atoms with Crippen molar-refractivity contribution in [1.82, 2.24) is 9.78 Å². The maximum Gasteiger partial charge on any atom is 0.261 e. The van der Waals surface area contributed by atoms with Crippen molar-refractivity contribution < 1.29 is 4.74 Å². The molecule has 15 heavy (non-hydrogen) atoms. The fourth-order valence-corrected chi connectivity index (χ4v) is 1.54. The molecule has 0 aliphatic carbocycles. The van der Waals surface area contributed by atoms with Crippen molar-refractivity contribution in [3.05, 3.63) is 34.0 Å². The van der Waals surface area contributed by atoms with Gasteiger partial charge in [0.25, 0.3) is 5.88 Å². The molecule has 0 unspecified atom stereocenters. The van der Waals surface area contributed by atoms with E-state index in [9.17, 15) is 0 Å². The van der Waals surface area contributed by atoms with Crippen molar-refractivity contribution in [3.63, 3.8) is 0 Å². The molecule has 5 heteroatoms. The lowest BCUT2D eigenvalue weighted by molar-refractivity contribution is 0.456. The van der Waals surface area contributed by atoms with Gasteiger partial charge in [0.05, 0.1) is 6.20 Å². The van der Waals surface area contributed by atoms with Crippen LogP contribution in [0.3, 0.4) is 0 Å². The average molecular weight is 315 g/mol. The monoisotopic (exact) mass is 315 g/mol. The third kappa shape index (κ3) is 2.41. The Balaban J connectivity index is 2.21. The first-order valence-corrected chi connectivity index (χ1v) is 5.45. The predicted molar refractivity (Wildman–Crippen MR) is 66.9 cm³/mol. The molecule has 0 amide bonds. The number of nitrogen functional groups attached to an aromatic ring is 1. The zero-order valence-electron chi connectivity index (χ0n) is 8.14. The van der Waals surface area contributed by atoms with Gasteiger partial charge in [-0.15, -0.1) is 5.10 Å². The van der Waals surface area contributed by atoms with Gasteiger partial charge in [-0.05, 0) is 46.9 Å². The van der Waals surface area contributed by atoms with Gasteiger partial charge in [0.15, 0.2) is 0 Å². The number of benzene rings is 1. The van der Waals surface area contributed by atoms with Gasteiger partial charge in [-0.2, -0.15) is 0 Å². The number of hydrogen-bond acceptors (Lipinski definition) is 3. The van der Waals surface area contributed by atoms with Crippen molar-refractivity contribution in [2.75, 3.05) is 5.73 Å². The molecular weight excluding hydrogens is 305 g/mol. The average Bonchev–Trinajstić information content (AvgIpc) is 2.49. The number of rotatable bonds is 2. The zero-order valence-corrected chi connectivity index (χ0v) is 10.3. The van der Waals surface area contributed by atoms with Crippen LogP contribution in [-0.4, -0.2) is 9.78 Å². The summed E-state index contributed by atoms with van der Waals surface area (Å²) in [4.78, 5) is 0. The Kier molecular flexibility index (Phi) is 2.81. The van der Waals surface area contributed by atoms with Crippen molar-refractivity contribution >= 4 is 28.3 Å². The lowest BCUT2D eigenvalue weighted by atomic mass is 10.3. The standard InChI is InChI=1S/C10H10IN3O/c1-14-6-9(12)10(13-14)15-8-4-2-7(11)3-5-8/h2-6H,12H2,1H3. The second-order valence-corrected chi connectivity index (χ2v) is 4.36. The van der Waals surface area contributed by atoms with Crippen LogP contribution in [0.25, 0.3) is 0 Å². The molecule has 0 atom stereocenters. The second-order valence-electron chi connectivity index (χ2n) is 3.12. The summed E-state index contributed by atoms with van der Waals surface area (Å²) in [6.07, 6.45) is 1.71. The Labute approximate surface area is 101 Å². The number of nitrogens with two attached hydrogens (primary N) is 1. The van der Waals surface area contributed by atoms with E-state index >= 15 is 0 Å². The SMILES string of the molecule is Cn1cc(N)c(Oc2ccc(I)cc2)n1. The van der Waals surface area contributed by atoms with Crippen LogP contribution in [0.1, 0.15) is 0 Å². The van der Waals surface area contributed by atoms with Gasteiger partial charge in [-0.3, -0.25) is 4.68 Å². The van der Waals surface area contributed by atoms with E-state index < -0.39 is 0 Å². The summed E-state index contributed by atoms with van der Waals surface area (Å²) in [5, 5.41) is 4.10. The van der Waals surface area contributed by atoms with Gasteiger partial charge in [0.1, 0.15) is 11.4 Å². The molecule has 0 bridgehead atoms. The molecule has 78 valence electrons. The van der Waals surface area contributed by atoms with Crippen molar-refractivity contribution in [3.8, 4) is 11.6 Å². The van der Waals surface area contributed by atoms with E-state index in [-0.39, 0.29) is 0 Å². The van der Waals surface area contributed by atoms with Crippen molar-refractivity contribution in [2.24, 2.45) is 7.05 Å². The minimum atomic E-state index is 0.443. The van der Waals surface area contributed by atoms with Gasteiger partial charge in [0.2, 0.25) is 0 Å². The number of halogens is 1. The molecule has 1 heterocycles. The van der Waals surface area contributed by atoms with Crippen LogP contribution in [0.2, 0.25) is 0 Å². The Morgan fingerprint density at radius 1 is 1.33 bits per heavy atom. The maximum atomic E-state index is 5.71. The third-order valence-corrected chi connectivity index (χ3v) is 2.57. The Hall–Kier alpha value is -1.24. The number of aromatic nitrogens is 2. The van der Waals surface area contributed by atoms with Crippen LogP contribution < -0.4 is 10.5 Å². The highest BCUT2D eigenvalue weighted by Gasteiger charge is 2.06. The van der Waals surface area contributed by atoms with E-state index in [0.29, 0.717) is 11.6 Å². The Morgan fingerprint density at radius 3 is 2.53 bits per heavy atom. The zero-order chi connectivity index (χ0) is 10.8. The third-order valence-electron chi connectivity index (χ3n) is 1.85. The van der Waals surface area contributed by atoms with E-state index in [0.717, 1.165) is 9.32 Å². The summed E-state index contributed by atoms with van der Waals surface area (Å²) >= 11 is 2.24. The van der Waals surface area contributed by atoms with Gasteiger partial charge in [-0.1, -0.05) is 0 Å². The summed E-state index contributed by atoms with van der Waals surface area (Å²) < 4.78 is 8.31. The predicted octanol–water partition coefficient (Wildman–Crippen LogP) is 2.40. The van der Waals surface area contributed by atoms with Gasteiger partial charge >= 0.3 is 0 Å². The summed E-state index contributed by atoms with van der Waals surface area (Å²) in [6, 6.07) is 7.70. The maximum absolute atomic E-state index is 5.71. The molecule has 2 aromatic rings. The van der Waals surface area contributed by atoms with Crippen LogP contribution in [-0.2, 0) is 7.05 Å². The van der Waals surface area contributed by atoms with E-state index in [1.54, 1.807) is 17.9 Å². The molecule has 0 saturated heterocycles. The topological polar surface area (TPSA) is 53.1 Å². The molecule has 1 aromatic carbocycles. The van der Waals surface area contributed by atoms with E-state index in [4.69, 9.17) is 10.5 Å². The minimum absolute atomic E-state index is 0.443. The molecule has 0 saturated carbocycles. The summed E-state index contributed by atoms with van der Waals surface area (Å²) in [5.41, 5.74) is 6.25. The lowest BCUT2D eigenvalue weighted by Gasteiger charge is -2.02. The normalized spacial score (nSPS) is 10.3. The molecule has 2 rings (SSSR count). The summed E-state index contributed by atoms with van der Waals surface area (Å²) in [6.45, 7) is 0. The number of nitrogens with zero attached hydrogens (tertiary/aromatic N) is 2. The first-order valence-electron chi connectivity index (χ1n) is 4.37. The number of anilines is 1. The summed E-state index contributed by atoms with van der Waals surface area (Å²) in [5.74, 6) is 1.18. The van der Waals surface area contributed by atoms with Crippen LogP contribution >= 0.6 is 22.6 Å². The van der Waals surface area contributed by atoms with E-state index in [1.165, 1.54) is 0 Å². The Bertz CT molecular complexity index is 464. The molecule has 2 N–H and O–H groups in total. The van der Waals surface area contributed by atoms with Crippen LogP contribution in [0, 0.1) is 3.57 Å². The second kappa shape index (κ2) is 4.09. The van der Waals surface area contributed by atoms with Crippen molar-refractivity contribution in [2.45, 2.75) is 0 Å². The van der Waals surface area contributed by atoms with E-state index in [2.05, 4.69) is 27.7 Å². The first-order chi connectivity index (χ1) is 7.15. The van der Waals surface area contributed by atoms with Crippen LogP contribution in [0.4, 0.5) is 5.69 Å². The van der Waals surface area contributed by atoms with E-state index in [1.807, 2.05) is 24.3 Å². The largest absolute Gasteiger partial charge is 0.436 e. The highest BCUT2D eigenvalue weighted by Crippen LogP contribution is 2.25. The lowest BCUT2D eigenvalue weighted by Crippen LogP contribution is -1.90. The molecule has 0 aliphatic heterocycles.